The summed E-state index contributed by atoms with van der Waals surface area (Å²) in [7, 11) is 0. The molecule has 2 N–H and O–H groups in total. The highest BCUT2D eigenvalue weighted by atomic mass is 16.5. The van der Waals surface area contributed by atoms with Crippen molar-refractivity contribution in [3.8, 4) is 11.3 Å². The Morgan fingerprint density at radius 1 is 1.11 bits per heavy atom. The Hall–Kier alpha value is -2.29. The molecule has 3 rings (SSSR count). The number of hydrogen-bond acceptors (Lipinski definition) is 3. The molecule has 0 aliphatic heterocycles. The molecule has 0 saturated heterocycles. The van der Waals surface area contributed by atoms with Crippen molar-refractivity contribution >= 4 is 16.7 Å². The van der Waals surface area contributed by atoms with E-state index < -0.39 is 0 Å². The fourth-order valence-electron chi connectivity index (χ4n) is 2.32. The third kappa shape index (κ3) is 1.97. The molecule has 0 aliphatic carbocycles. The van der Waals surface area contributed by atoms with Gasteiger partial charge in [-0.3, -0.25) is 0 Å². The summed E-state index contributed by atoms with van der Waals surface area (Å²) in [4.78, 5) is 0. The summed E-state index contributed by atoms with van der Waals surface area (Å²) in [5.41, 5.74) is 10.7. The van der Waals surface area contributed by atoms with Gasteiger partial charge in [0.05, 0.1) is 5.39 Å². The number of fused-ring (bicyclic) bond motifs is 1. The van der Waals surface area contributed by atoms with Gasteiger partial charge in [0.15, 0.2) is 5.58 Å². The standard InChI is InChI=1S/C16H16N2O/c1-10(2)12-9-15-13(8-14(12)17)16(18-19-15)11-6-4-3-5-7-11/h3-10H,17H2,1-2H3. The first-order valence-electron chi connectivity index (χ1n) is 6.41. The summed E-state index contributed by atoms with van der Waals surface area (Å²) in [6.45, 7) is 4.23. The Balaban J connectivity index is 2.22. The Bertz CT molecular complexity index is 714. The fourth-order valence-corrected chi connectivity index (χ4v) is 2.32. The molecule has 2 aromatic carbocycles. The first-order chi connectivity index (χ1) is 9.16. The SMILES string of the molecule is CC(C)c1cc2onc(-c3ccccc3)c2cc1N. The van der Waals surface area contributed by atoms with Crippen LogP contribution < -0.4 is 5.73 Å². The molecule has 3 nitrogen and oxygen atoms in total. The molecular weight excluding hydrogens is 236 g/mol. The number of rotatable bonds is 2. The van der Waals surface area contributed by atoms with Gasteiger partial charge in [-0.15, -0.1) is 0 Å². The molecule has 0 amide bonds. The molecule has 96 valence electrons. The fraction of sp³-hybridized carbons (Fsp3) is 0.188. The number of hydrogen-bond donors (Lipinski definition) is 1. The smallest absolute Gasteiger partial charge is 0.167 e. The second-order valence-electron chi connectivity index (χ2n) is 5.03. The number of nitrogens with two attached hydrogens (primary N) is 1. The lowest BCUT2D eigenvalue weighted by atomic mass is 9.98. The lowest BCUT2D eigenvalue weighted by molar-refractivity contribution is 0.459. The molecule has 0 atom stereocenters. The number of benzene rings is 2. The first kappa shape index (κ1) is 11.8. The Morgan fingerprint density at radius 3 is 2.53 bits per heavy atom. The van der Waals surface area contributed by atoms with E-state index in [2.05, 4.69) is 19.0 Å². The largest absolute Gasteiger partial charge is 0.398 e. The van der Waals surface area contributed by atoms with E-state index in [4.69, 9.17) is 10.3 Å². The van der Waals surface area contributed by atoms with Gasteiger partial charge in [0.1, 0.15) is 5.69 Å². The molecule has 0 radical (unpaired) electrons. The summed E-state index contributed by atoms with van der Waals surface area (Å²) >= 11 is 0. The average molecular weight is 252 g/mol. The molecule has 1 aromatic heterocycles. The molecule has 0 saturated carbocycles. The Morgan fingerprint density at radius 2 is 1.84 bits per heavy atom. The van der Waals surface area contributed by atoms with E-state index in [0.29, 0.717) is 5.92 Å². The van der Waals surface area contributed by atoms with Crippen LogP contribution in [0.15, 0.2) is 47.0 Å². The van der Waals surface area contributed by atoms with Gasteiger partial charge in [-0.05, 0) is 23.6 Å². The topological polar surface area (TPSA) is 52.0 Å². The third-order valence-electron chi connectivity index (χ3n) is 3.34. The Kier molecular flexibility index (Phi) is 2.75. The van der Waals surface area contributed by atoms with Crippen LogP contribution in [0.3, 0.4) is 0 Å². The lowest BCUT2D eigenvalue weighted by Gasteiger charge is -2.08. The number of nitrogen functional groups attached to an aromatic ring is 1. The maximum Gasteiger partial charge on any atom is 0.167 e. The van der Waals surface area contributed by atoms with Crippen LogP contribution in [-0.4, -0.2) is 5.16 Å². The maximum atomic E-state index is 6.12. The van der Waals surface area contributed by atoms with E-state index in [1.54, 1.807) is 0 Å². The highest BCUT2D eigenvalue weighted by Gasteiger charge is 2.14. The average Bonchev–Trinajstić information content (AvgIpc) is 2.81. The molecule has 3 aromatic rings. The van der Waals surface area contributed by atoms with E-state index in [1.807, 2.05) is 42.5 Å². The van der Waals surface area contributed by atoms with Crippen LogP contribution in [0.2, 0.25) is 0 Å². The van der Waals surface area contributed by atoms with Gasteiger partial charge < -0.3 is 10.3 Å². The summed E-state index contributed by atoms with van der Waals surface area (Å²) in [5.74, 6) is 0.370. The van der Waals surface area contributed by atoms with Crippen molar-refractivity contribution < 1.29 is 4.52 Å². The van der Waals surface area contributed by atoms with Crippen LogP contribution in [0, 0.1) is 0 Å². The maximum absolute atomic E-state index is 6.12. The predicted octanol–water partition coefficient (Wildman–Crippen LogP) is 4.20. The minimum atomic E-state index is 0.370. The second kappa shape index (κ2) is 4.43. The third-order valence-corrected chi connectivity index (χ3v) is 3.34. The molecule has 0 bridgehead atoms. The van der Waals surface area contributed by atoms with Crippen LogP contribution in [0.25, 0.3) is 22.2 Å². The summed E-state index contributed by atoms with van der Waals surface area (Å²) in [6, 6.07) is 14.0. The van der Waals surface area contributed by atoms with Crippen LogP contribution in [0.4, 0.5) is 5.69 Å². The monoisotopic (exact) mass is 252 g/mol. The molecule has 0 fully saturated rings. The minimum absolute atomic E-state index is 0.370. The summed E-state index contributed by atoms with van der Waals surface area (Å²) < 4.78 is 5.44. The van der Waals surface area contributed by atoms with Gasteiger partial charge in [-0.1, -0.05) is 49.3 Å². The van der Waals surface area contributed by atoms with Crippen molar-refractivity contribution in [1.29, 1.82) is 0 Å². The van der Waals surface area contributed by atoms with Crippen molar-refractivity contribution in [3.05, 3.63) is 48.0 Å². The van der Waals surface area contributed by atoms with Gasteiger partial charge in [-0.2, -0.15) is 0 Å². The van der Waals surface area contributed by atoms with Crippen molar-refractivity contribution in [2.24, 2.45) is 0 Å². The van der Waals surface area contributed by atoms with Crippen molar-refractivity contribution in [2.75, 3.05) is 5.73 Å². The molecule has 3 heteroatoms. The van der Waals surface area contributed by atoms with E-state index in [0.717, 1.165) is 33.5 Å². The minimum Gasteiger partial charge on any atom is -0.398 e. The molecule has 19 heavy (non-hydrogen) atoms. The van der Waals surface area contributed by atoms with Gasteiger partial charge in [0.25, 0.3) is 0 Å². The highest BCUT2D eigenvalue weighted by molar-refractivity contribution is 5.94. The quantitative estimate of drug-likeness (QED) is 0.695. The Labute approximate surface area is 112 Å². The van der Waals surface area contributed by atoms with Crippen LogP contribution in [0.1, 0.15) is 25.3 Å². The van der Waals surface area contributed by atoms with E-state index in [-0.39, 0.29) is 0 Å². The van der Waals surface area contributed by atoms with Crippen LogP contribution in [-0.2, 0) is 0 Å². The van der Waals surface area contributed by atoms with Crippen LogP contribution >= 0.6 is 0 Å². The number of nitrogens with zero attached hydrogens (tertiary/aromatic N) is 1. The van der Waals surface area contributed by atoms with Crippen molar-refractivity contribution in [3.63, 3.8) is 0 Å². The van der Waals surface area contributed by atoms with Gasteiger partial charge in [0, 0.05) is 11.3 Å². The van der Waals surface area contributed by atoms with Gasteiger partial charge in [0.2, 0.25) is 0 Å². The molecular formula is C16H16N2O. The molecule has 0 unspecified atom stereocenters. The molecule has 0 spiro atoms. The zero-order chi connectivity index (χ0) is 13.4. The summed E-state index contributed by atoms with van der Waals surface area (Å²) in [5, 5.41) is 5.14. The van der Waals surface area contributed by atoms with E-state index >= 15 is 0 Å². The van der Waals surface area contributed by atoms with E-state index in [1.165, 1.54) is 0 Å². The normalized spacial score (nSPS) is 11.3. The molecule has 0 aliphatic rings. The zero-order valence-electron chi connectivity index (χ0n) is 11.1. The zero-order valence-corrected chi connectivity index (χ0v) is 11.1. The van der Waals surface area contributed by atoms with E-state index in [9.17, 15) is 0 Å². The van der Waals surface area contributed by atoms with Gasteiger partial charge in [-0.25, -0.2) is 0 Å². The van der Waals surface area contributed by atoms with Crippen LogP contribution in [0.5, 0.6) is 0 Å². The van der Waals surface area contributed by atoms with Crippen molar-refractivity contribution in [1.82, 2.24) is 5.16 Å². The first-order valence-corrected chi connectivity index (χ1v) is 6.41. The highest BCUT2D eigenvalue weighted by Crippen LogP contribution is 2.33. The van der Waals surface area contributed by atoms with Crippen molar-refractivity contribution in [2.45, 2.75) is 19.8 Å². The number of aromatic nitrogens is 1. The van der Waals surface area contributed by atoms with Gasteiger partial charge >= 0.3 is 0 Å². The summed E-state index contributed by atoms with van der Waals surface area (Å²) in [6.07, 6.45) is 0. The molecule has 1 heterocycles. The number of anilines is 1. The lowest BCUT2D eigenvalue weighted by Crippen LogP contribution is -1.95. The predicted molar refractivity (Wildman–Crippen MR) is 77.9 cm³/mol. The second-order valence-corrected chi connectivity index (χ2v) is 5.03.